The maximum Gasteiger partial charge on any atom is 0.317 e. The molecule has 0 aromatic heterocycles. The SMILES string of the molecule is COc1ccc(CNC(=O)N2CCCC(C(=O)O)C2)c(OC)c1OC. The first-order valence-corrected chi connectivity index (χ1v) is 8.05. The van der Waals surface area contributed by atoms with E-state index in [1.165, 1.54) is 26.2 Å². The smallest absolute Gasteiger partial charge is 0.317 e. The van der Waals surface area contributed by atoms with Gasteiger partial charge in [-0.15, -0.1) is 0 Å². The number of carboxylic acids is 1. The average Bonchev–Trinajstić information content (AvgIpc) is 2.64. The normalized spacial score (nSPS) is 16.9. The molecule has 2 rings (SSSR count). The molecule has 1 saturated heterocycles. The highest BCUT2D eigenvalue weighted by atomic mass is 16.5. The molecule has 2 N–H and O–H groups in total. The molecule has 2 amide bonds. The number of ether oxygens (including phenoxy) is 3. The minimum Gasteiger partial charge on any atom is -0.493 e. The first-order valence-electron chi connectivity index (χ1n) is 8.05. The van der Waals surface area contributed by atoms with E-state index in [1.54, 1.807) is 12.1 Å². The monoisotopic (exact) mass is 352 g/mol. The van der Waals surface area contributed by atoms with Crippen molar-refractivity contribution in [3.63, 3.8) is 0 Å². The fourth-order valence-electron chi connectivity index (χ4n) is 2.95. The second-order valence-electron chi connectivity index (χ2n) is 5.78. The molecule has 1 fully saturated rings. The van der Waals surface area contributed by atoms with Gasteiger partial charge in [0, 0.05) is 25.2 Å². The fraction of sp³-hybridized carbons (Fsp3) is 0.529. The van der Waals surface area contributed by atoms with Crippen molar-refractivity contribution >= 4 is 12.0 Å². The molecule has 138 valence electrons. The van der Waals surface area contributed by atoms with Crippen LogP contribution in [0.2, 0.25) is 0 Å². The lowest BCUT2D eigenvalue weighted by Gasteiger charge is -2.30. The van der Waals surface area contributed by atoms with E-state index >= 15 is 0 Å². The summed E-state index contributed by atoms with van der Waals surface area (Å²) < 4.78 is 15.9. The van der Waals surface area contributed by atoms with E-state index in [0.29, 0.717) is 36.6 Å². The minimum atomic E-state index is -0.862. The summed E-state index contributed by atoms with van der Waals surface area (Å²) in [6.45, 7) is 1.01. The van der Waals surface area contributed by atoms with Crippen molar-refractivity contribution in [1.82, 2.24) is 10.2 Å². The van der Waals surface area contributed by atoms with Gasteiger partial charge in [-0.3, -0.25) is 4.79 Å². The number of benzene rings is 1. The molecule has 0 aliphatic carbocycles. The molecule has 0 spiro atoms. The van der Waals surface area contributed by atoms with Gasteiger partial charge in [-0.1, -0.05) is 0 Å². The van der Waals surface area contributed by atoms with Crippen LogP contribution in [-0.2, 0) is 11.3 Å². The van der Waals surface area contributed by atoms with E-state index in [2.05, 4.69) is 5.32 Å². The summed E-state index contributed by atoms with van der Waals surface area (Å²) in [5.41, 5.74) is 0.736. The van der Waals surface area contributed by atoms with Crippen molar-refractivity contribution in [3.8, 4) is 17.2 Å². The van der Waals surface area contributed by atoms with Crippen molar-refractivity contribution < 1.29 is 28.9 Å². The number of aliphatic carboxylic acids is 1. The number of carboxylic acid groups (broad SMARTS) is 1. The van der Waals surface area contributed by atoms with Crippen LogP contribution in [0.1, 0.15) is 18.4 Å². The van der Waals surface area contributed by atoms with Crippen LogP contribution in [-0.4, -0.2) is 56.4 Å². The number of nitrogens with one attached hydrogen (secondary N) is 1. The predicted molar refractivity (Wildman–Crippen MR) is 90.3 cm³/mol. The van der Waals surface area contributed by atoms with Crippen molar-refractivity contribution in [2.75, 3.05) is 34.4 Å². The molecular formula is C17H24N2O6. The second-order valence-corrected chi connectivity index (χ2v) is 5.78. The summed E-state index contributed by atoms with van der Waals surface area (Å²) in [6.07, 6.45) is 1.28. The number of carbonyl (C=O) groups excluding carboxylic acids is 1. The third-order valence-electron chi connectivity index (χ3n) is 4.27. The predicted octanol–water partition coefficient (Wildman–Crippen LogP) is 1.72. The second kappa shape index (κ2) is 8.46. The Balaban J connectivity index is 2.05. The topological polar surface area (TPSA) is 97.3 Å². The Bertz CT molecular complexity index is 634. The molecule has 0 radical (unpaired) electrons. The van der Waals surface area contributed by atoms with Crippen molar-refractivity contribution in [2.24, 2.45) is 5.92 Å². The van der Waals surface area contributed by atoms with Crippen molar-refractivity contribution in [3.05, 3.63) is 17.7 Å². The van der Waals surface area contributed by atoms with Gasteiger partial charge in [0.2, 0.25) is 5.75 Å². The summed E-state index contributed by atoms with van der Waals surface area (Å²) in [5.74, 6) is 0.119. The van der Waals surface area contributed by atoms with Gasteiger partial charge in [-0.2, -0.15) is 0 Å². The summed E-state index contributed by atoms with van der Waals surface area (Å²) in [4.78, 5) is 25.0. The van der Waals surface area contributed by atoms with Crippen LogP contribution in [0.4, 0.5) is 4.79 Å². The van der Waals surface area contributed by atoms with Crippen LogP contribution in [0.15, 0.2) is 12.1 Å². The summed E-state index contributed by atoms with van der Waals surface area (Å²) in [5, 5.41) is 11.9. The van der Waals surface area contributed by atoms with Gasteiger partial charge in [0.15, 0.2) is 11.5 Å². The maximum absolute atomic E-state index is 12.3. The van der Waals surface area contributed by atoms with Crippen LogP contribution in [0, 0.1) is 5.92 Å². The molecule has 8 nitrogen and oxygen atoms in total. The number of piperidine rings is 1. The number of carbonyl (C=O) groups is 2. The van der Waals surface area contributed by atoms with Gasteiger partial charge in [-0.05, 0) is 25.0 Å². The van der Waals surface area contributed by atoms with Gasteiger partial charge in [0.05, 0.1) is 27.2 Å². The van der Waals surface area contributed by atoms with Crippen LogP contribution in [0.25, 0.3) is 0 Å². The Morgan fingerprint density at radius 1 is 1.20 bits per heavy atom. The first-order chi connectivity index (χ1) is 12.0. The zero-order valence-corrected chi connectivity index (χ0v) is 14.7. The van der Waals surface area contributed by atoms with Gasteiger partial charge in [0.25, 0.3) is 0 Å². The number of urea groups is 1. The van der Waals surface area contributed by atoms with Crippen molar-refractivity contribution in [2.45, 2.75) is 19.4 Å². The zero-order chi connectivity index (χ0) is 18.4. The first kappa shape index (κ1) is 18.7. The van der Waals surface area contributed by atoms with Crippen LogP contribution in [0.5, 0.6) is 17.2 Å². The molecule has 0 bridgehead atoms. The van der Waals surface area contributed by atoms with Crippen molar-refractivity contribution in [1.29, 1.82) is 0 Å². The van der Waals surface area contributed by atoms with Crippen LogP contribution < -0.4 is 19.5 Å². The van der Waals surface area contributed by atoms with E-state index in [4.69, 9.17) is 19.3 Å². The molecule has 1 atom stereocenters. The standard InChI is InChI=1S/C17H24N2O6/c1-23-13-7-6-11(14(24-2)15(13)25-3)9-18-17(22)19-8-4-5-12(10-19)16(20)21/h6-7,12H,4-5,8-10H2,1-3H3,(H,18,22)(H,20,21). The molecule has 25 heavy (non-hydrogen) atoms. The molecule has 1 aromatic carbocycles. The van der Waals surface area contributed by atoms with E-state index in [0.717, 1.165) is 5.56 Å². The van der Waals surface area contributed by atoms with Gasteiger partial charge in [0.1, 0.15) is 0 Å². The fourth-order valence-corrected chi connectivity index (χ4v) is 2.95. The highest BCUT2D eigenvalue weighted by Crippen LogP contribution is 2.39. The lowest BCUT2D eigenvalue weighted by Crippen LogP contribution is -2.46. The van der Waals surface area contributed by atoms with Crippen LogP contribution >= 0.6 is 0 Å². The van der Waals surface area contributed by atoms with Crippen LogP contribution in [0.3, 0.4) is 0 Å². The highest BCUT2D eigenvalue weighted by molar-refractivity contribution is 5.76. The Morgan fingerprint density at radius 2 is 1.92 bits per heavy atom. The lowest BCUT2D eigenvalue weighted by atomic mass is 9.99. The molecule has 1 aliphatic heterocycles. The highest BCUT2D eigenvalue weighted by Gasteiger charge is 2.28. The summed E-state index contributed by atoms with van der Waals surface area (Å²) in [6, 6.07) is 3.24. The molecule has 0 saturated carbocycles. The average molecular weight is 352 g/mol. The third-order valence-corrected chi connectivity index (χ3v) is 4.27. The molecule has 8 heteroatoms. The Kier molecular flexibility index (Phi) is 6.32. The Hall–Kier alpha value is -2.64. The van der Waals surface area contributed by atoms with E-state index in [-0.39, 0.29) is 19.1 Å². The molecular weight excluding hydrogens is 328 g/mol. The van der Waals surface area contributed by atoms with Gasteiger partial charge >= 0.3 is 12.0 Å². The lowest BCUT2D eigenvalue weighted by molar-refractivity contribution is -0.143. The molecule has 1 aromatic rings. The maximum atomic E-state index is 12.3. The summed E-state index contributed by atoms with van der Waals surface area (Å²) in [7, 11) is 4.57. The molecule has 1 aliphatic rings. The minimum absolute atomic E-state index is 0.226. The van der Waals surface area contributed by atoms with Gasteiger partial charge < -0.3 is 29.5 Å². The number of amides is 2. The summed E-state index contributed by atoms with van der Waals surface area (Å²) >= 11 is 0. The molecule has 1 unspecified atom stereocenters. The number of rotatable bonds is 6. The number of nitrogens with zero attached hydrogens (tertiary/aromatic N) is 1. The Morgan fingerprint density at radius 3 is 2.52 bits per heavy atom. The van der Waals surface area contributed by atoms with Gasteiger partial charge in [-0.25, -0.2) is 4.79 Å². The number of hydrogen-bond acceptors (Lipinski definition) is 5. The Labute approximate surface area is 146 Å². The largest absolute Gasteiger partial charge is 0.493 e. The van der Waals surface area contributed by atoms with E-state index in [1.807, 2.05) is 0 Å². The number of hydrogen-bond donors (Lipinski definition) is 2. The zero-order valence-electron chi connectivity index (χ0n) is 14.7. The quantitative estimate of drug-likeness (QED) is 0.809. The number of likely N-dealkylation sites (tertiary alicyclic amines) is 1. The number of methoxy groups -OCH3 is 3. The van der Waals surface area contributed by atoms with E-state index in [9.17, 15) is 9.59 Å². The molecule has 1 heterocycles. The van der Waals surface area contributed by atoms with E-state index < -0.39 is 11.9 Å². The third kappa shape index (κ3) is 4.26.